The van der Waals surface area contributed by atoms with Crippen molar-refractivity contribution < 1.29 is 9.53 Å². The van der Waals surface area contributed by atoms with Crippen molar-refractivity contribution in [2.75, 3.05) is 11.9 Å². The molecule has 1 rings (SSSR count). The Morgan fingerprint density at radius 2 is 1.95 bits per heavy atom. The van der Waals surface area contributed by atoms with Gasteiger partial charge < -0.3 is 15.4 Å². The van der Waals surface area contributed by atoms with Gasteiger partial charge in [-0.1, -0.05) is 32.9 Å². The van der Waals surface area contributed by atoms with Gasteiger partial charge in [-0.3, -0.25) is 4.79 Å². The number of nitrogens with one attached hydrogen (secondary N) is 2. The number of thiocarbonyl (C=S) groups is 1. The molecule has 0 heterocycles. The molecule has 0 unspecified atom stereocenters. The molecule has 0 saturated heterocycles. The zero-order valence-electron chi connectivity index (χ0n) is 11.7. The molecule has 0 fully saturated rings. The first-order valence-corrected chi connectivity index (χ1v) is 6.59. The number of hydrogen-bond acceptors (Lipinski definition) is 3. The molecule has 1 aromatic rings. The summed E-state index contributed by atoms with van der Waals surface area (Å²) >= 11 is 5.13. The minimum atomic E-state index is -0.481. The van der Waals surface area contributed by atoms with E-state index in [1.807, 2.05) is 52.0 Å². The van der Waals surface area contributed by atoms with Crippen molar-refractivity contribution in [3.63, 3.8) is 0 Å². The zero-order chi connectivity index (χ0) is 14.5. The number of carbonyl (C=O) groups excluding carboxylic acids is 1. The maximum Gasteiger partial charge on any atom is 0.231 e. The van der Waals surface area contributed by atoms with Crippen LogP contribution in [-0.4, -0.2) is 17.6 Å². The fraction of sp³-hybridized carbons (Fsp3) is 0.429. The lowest BCUT2D eigenvalue weighted by Gasteiger charge is -2.19. The average Bonchev–Trinajstić information content (AvgIpc) is 2.30. The molecule has 0 aliphatic heterocycles. The molecule has 4 nitrogen and oxygen atoms in total. The molecule has 0 saturated carbocycles. The van der Waals surface area contributed by atoms with Crippen LogP contribution in [0.15, 0.2) is 24.3 Å². The SMILES string of the molecule is CCOc1ccccc1NC(=S)NC(=O)C(C)(C)C. The Morgan fingerprint density at radius 3 is 2.53 bits per heavy atom. The van der Waals surface area contributed by atoms with Crippen LogP contribution in [0.25, 0.3) is 0 Å². The Kier molecular flexibility index (Phi) is 5.30. The largest absolute Gasteiger partial charge is 0.492 e. The highest BCUT2D eigenvalue weighted by Gasteiger charge is 2.22. The Balaban J connectivity index is 2.70. The molecule has 19 heavy (non-hydrogen) atoms. The third kappa shape index (κ3) is 4.87. The van der Waals surface area contributed by atoms with Crippen LogP contribution < -0.4 is 15.4 Å². The molecular weight excluding hydrogens is 260 g/mol. The van der Waals surface area contributed by atoms with Crippen molar-refractivity contribution in [2.45, 2.75) is 27.7 Å². The summed E-state index contributed by atoms with van der Waals surface area (Å²) in [5.41, 5.74) is 0.258. The monoisotopic (exact) mass is 280 g/mol. The molecule has 0 aliphatic rings. The highest BCUT2D eigenvalue weighted by molar-refractivity contribution is 7.80. The smallest absolute Gasteiger partial charge is 0.231 e. The second-order valence-electron chi connectivity index (χ2n) is 5.09. The molecule has 0 radical (unpaired) electrons. The number of rotatable bonds is 3. The molecule has 0 aromatic heterocycles. The van der Waals surface area contributed by atoms with E-state index in [2.05, 4.69) is 10.6 Å². The number of ether oxygens (including phenoxy) is 1. The molecule has 1 amide bonds. The first-order chi connectivity index (χ1) is 8.84. The first kappa shape index (κ1) is 15.4. The fourth-order valence-electron chi connectivity index (χ4n) is 1.30. The maximum atomic E-state index is 11.8. The molecule has 1 aromatic carbocycles. The summed E-state index contributed by atoms with van der Waals surface area (Å²) in [6.45, 7) is 7.98. The van der Waals surface area contributed by atoms with Gasteiger partial charge in [0.15, 0.2) is 5.11 Å². The predicted molar refractivity (Wildman–Crippen MR) is 81.4 cm³/mol. The number of para-hydroxylation sites is 2. The van der Waals surface area contributed by atoms with Crippen molar-refractivity contribution in [1.29, 1.82) is 0 Å². The standard InChI is InChI=1S/C14H20N2O2S/c1-5-18-11-9-7-6-8-10(11)15-13(19)16-12(17)14(2,3)4/h6-9H,5H2,1-4H3,(H2,15,16,17,19). The molecule has 0 atom stereocenters. The summed E-state index contributed by atoms with van der Waals surface area (Å²) in [6.07, 6.45) is 0. The maximum absolute atomic E-state index is 11.8. The van der Waals surface area contributed by atoms with Crippen LogP contribution in [0, 0.1) is 5.41 Å². The summed E-state index contributed by atoms with van der Waals surface area (Å²) in [7, 11) is 0. The lowest BCUT2D eigenvalue weighted by atomic mass is 9.96. The van der Waals surface area contributed by atoms with Crippen LogP contribution in [0.4, 0.5) is 5.69 Å². The quantitative estimate of drug-likeness (QED) is 0.836. The third-order valence-electron chi connectivity index (χ3n) is 2.34. The van der Waals surface area contributed by atoms with Crippen LogP contribution in [0.3, 0.4) is 0 Å². The van der Waals surface area contributed by atoms with Crippen molar-refractivity contribution in [3.05, 3.63) is 24.3 Å². The summed E-state index contributed by atoms with van der Waals surface area (Å²) in [4.78, 5) is 11.8. The molecule has 2 N–H and O–H groups in total. The second kappa shape index (κ2) is 6.52. The summed E-state index contributed by atoms with van der Waals surface area (Å²) in [6, 6.07) is 7.45. The lowest BCUT2D eigenvalue weighted by Crippen LogP contribution is -2.41. The highest BCUT2D eigenvalue weighted by Crippen LogP contribution is 2.23. The average molecular weight is 280 g/mol. The Bertz CT molecular complexity index is 467. The van der Waals surface area contributed by atoms with Crippen LogP contribution in [0.1, 0.15) is 27.7 Å². The van der Waals surface area contributed by atoms with Gasteiger partial charge in [-0.05, 0) is 31.3 Å². The first-order valence-electron chi connectivity index (χ1n) is 6.19. The van der Waals surface area contributed by atoms with E-state index >= 15 is 0 Å². The second-order valence-corrected chi connectivity index (χ2v) is 5.50. The normalized spacial score (nSPS) is 10.7. The van der Waals surface area contributed by atoms with Crippen LogP contribution in [0.2, 0.25) is 0 Å². The minimum Gasteiger partial charge on any atom is -0.492 e. The highest BCUT2D eigenvalue weighted by atomic mass is 32.1. The van der Waals surface area contributed by atoms with E-state index in [0.717, 1.165) is 5.69 Å². The number of amides is 1. The van der Waals surface area contributed by atoms with E-state index in [9.17, 15) is 4.79 Å². The molecule has 0 spiro atoms. The van der Waals surface area contributed by atoms with E-state index in [1.165, 1.54) is 0 Å². The third-order valence-corrected chi connectivity index (χ3v) is 2.55. The van der Waals surface area contributed by atoms with Gasteiger partial charge >= 0.3 is 0 Å². The van der Waals surface area contributed by atoms with E-state index < -0.39 is 5.41 Å². The van der Waals surface area contributed by atoms with Gasteiger partial charge in [0.05, 0.1) is 12.3 Å². The summed E-state index contributed by atoms with van der Waals surface area (Å²) in [5, 5.41) is 5.91. The van der Waals surface area contributed by atoms with E-state index in [1.54, 1.807) is 0 Å². The Hall–Kier alpha value is -1.62. The van der Waals surface area contributed by atoms with Crippen LogP contribution in [0.5, 0.6) is 5.75 Å². The topological polar surface area (TPSA) is 50.4 Å². The van der Waals surface area contributed by atoms with E-state index in [-0.39, 0.29) is 11.0 Å². The Morgan fingerprint density at radius 1 is 1.32 bits per heavy atom. The van der Waals surface area contributed by atoms with Gasteiger partial charge in [0.2, 0.25) is 5.91 Å². The van der Waals surface area contributed by atoms with Crippen molar-refractivity contribution in [1.82, 2.24) is 5.32 Å². The minimum absolute atomic E-state index is 0.126. The molecule has 104 valence electrons. The lowest BCUT2D eigenvalue weighted by molar-refractivity contribution is -0.126. The zero-order valence-corrected chi connectivity index (χ0v) is 12.6. The van der Waals surface area contributed by atoms with Crippen molar-refractivity contribution >= 4 is 28.9 Å². The molecular formula is C14H20N2O2S. The predicted octanol–water partition coefficient (Wildman–Crippen LogP) is 2.94. The van der Waals surface area contributed by atoms with Gasteiger partial charge in [0.1, 0.15) is 5.75 Å². The fourth-order valence-corrected chi connectivity index (χ4v) is 1.50. The van der Waals surface area contributed by atoms with E-state index in [4.69, 9.17) is 17.0 Å². The van der Waals surface area contributed by atoms with Crippen molar-refractivity contribution in [2.24, 2.45) is 5.41 Å². The summed E-state index contributed by atoms with van der Waals surface area (Å²) < 4.78 is 5.48. The van der Waals surface area contributed by atoms with Crippen LogP contribution in [-0.2, 0) is 4.79 Å². The van der Waals surface area contributed by atoms with Gasteiger partial charge in [-0.15, -0.1) is 0 Å². The number of hydrogen-bond donors (Lipinski definition) is 2. The summed E-state index contributed by atoms with van der Waals surface area (Å²) in [5.74, 6) is 0.580. The number of anilines is 1. The number of benzene rings is 1. The number of carbonyl (C=O) groups is 1. The molecule has 0 aliphatic carbocycles. The van der Waals surface area contributed by atoms with Crippen molar-refractivity contribution in [3.8, 4) is 5.75 Å². The van der Waals surface area contributed by atoms with Gasteiger partial charge in [-0.25, -0.2) is 0 Å². The van der Waals surface area contributed by atoms with Gasteiger partial charge in [0.25, 0.3) is 0 Å². The molecule has 5 heteroatoms. The molecule has 0 bridgehead atoms. The van der Waals surface area contributed by atoms with Gasteiger partial charge in [-0.2, -0.15) is 0 Å². The van der Waals surface area contributed by atoms with Gasteiger partial charge in [0, 0.05) is 5.41 Å². The van der Waals surface area contributed by atoms with Crippen LogP contribution >= 0.6 is 12.2 Å². The Labute approximate surface area is 119 Å². The van der Waals surface area contributed by atoms with E-state index in [0.29, 0.717) is 12.4 Å².